The molecule has 0 spiro atoms. The standard InChI is InChI=1S/C17H14BrClN2O3S/c1-21(2)17-16(25(22,23)14-9-5-12(18)6-10-14)20-15(24-17)11-3-7-13(19)8-4-11/h3-10H,1-2H3. The van der Waals surface area contributed by atoms with E-state index in [1.165, 1.54) is 12.1 Å². The van der Waals surface area contributed by atoms with Gasteiger partial charge in [-0.25, -0.2) is 8.42 Å². The molecule has 0 N–H and O–H groups in total. The van der Waals surface area contributed by atoms with E-state index in [9.17, 15) is 8.42 Å². The Bertz CT molecular complexity index is 997. The fourth-order valence-corrected chi connectivity index (χ4v) is 3.96. The first-order valence-electron chi connectivity index (χ1n) is 7.24. The van der Waals surface area contributed by atoms with E-state index >= 15 is 0 Å². The van der Waals surface area contributed by atoms with Crippen molar-refractivity contribution in [3.8, 4) is 11.5 Å². The van der Waals surface area contributed by atoms with Crippen LogP contribution in [0.5, 0.6) is 0 Å². The van der Waals surface area contributed by atoms with Gasteiger partial charge in [-0.2, -0.15) is 4.98 Å². The van der Waals surface area contributed by atoms with Gasteiger partial charge in [-0.05, 0) is 48.5 Å². The van der Waals surface area contributed by atoms with Crippen LogP contribution in [0.3, 0.4) is 0 Å². The molecule has 8 heteroatoms. The van der Waals surface area contributed by atoms with Crippen molar-refractivity contribution < 1.29 is 12.8 Å². The van der Waals surface area contributed by atoms with Gasteiger partial charge in [0.25, 0.3) is 0 Å². The highest BCUT2D eigenvalue weighted by Gasteiger charge is 2.29. The van der Waals surface area contributed by atoms with Crippen molar-refractivity contribution in [2.45, 2.75) is 9.92 Å². The second-order valence-electron chi connectivity index (χ2n) is 5.49. The number of rotatable bonds is 4. The largest absolute Gasteiger partial charge is 0.419 e. The van der Waals surface area contributed by atoms with Gasteiger partial charge in [0.1, 0.15) is 0 Å². The van der Waals surface area contributed by atoms with Crippen molar-refractivity contribution >= 4 is 43.3 Å². The zero-order valence-electron chi connectivity index (χ0n) is 13.4. The van der Waals surface area contributed by atoms with E-state index in [0.717, 1.165) is 4.47 Å². The van der Waals surface area contributed by atoms with Gasteiger partial charge < -0.3 is 9.32 Å². The van der Waals surface area contributed by atoms with E-state index in [2.05, 4.69) is 20.9 Å². The van der Waals surface area contributed by atoms with Crippen LogP contribution >= 0.6 is 27.5 Å². The van der Waals surface area contributed by atoms with Crippen molar-refractivity contribution in [2.24, 2.45) is 0 Å². The van der Waals surface area contributed by atoms with Gasteiger partial charge in [0.15, 0.2) is 0 Å². The number of hydrogen-bond donors (Lipinski definition) is 0. The molecular weight excluding hydrogens is 428 g/mol. The Balaban J connectivity index is 2.14. The molecular formula is C17H14BrClN2O3S. The molecule has 0 aliphatic rings. The maximum absolute atomic E-state index is 13.0. The number of nitrogens with zero attached hydrogens (tertiary/aromatic N) is 2. The molecule has 0 atom stereocenters. The third-order valence-electron chi connectivity index (χ3n) is 3.46. The number of halogens is 2. The van der Waals surface area contributed by atoms with Gasteiger partial charge in [-0.15, -0.1) is 0 Å². The predicted molar refractivity (Wildman–Crippen MR) is 101 cm³/mol. The lowest BCUT2D eigenvalue weighted by molar-refractivity contribution is 0.564. The average Bonchev–Trinajstić information content (AvgIpc) is 3.02. The summed E-state index contributed by atoms with van der Waals surface area (Å²) in [5.41, 5.74) is 0.643. The lowest BCUT2D eigenvalue weighted by Crippen LogP contribution is -2.13. The number of anilines is 1. The van der Waals surface area contributed by atoms with E-state index in [0.29, 0.717) is 10.6 Å². The Morgan fingerprint density at radius 2 is 1.64 bits per heavy atom. The highest BCUT2D eigenvalue weighted by Crippen LogP contribution is 2.34. The molecule has 3 aromatic rings. The molecule has 5 nitrogen and oxygen atoms in total. The summed E-state index contributed by atoms with van der Waals surface area (Å²) in [7, 11) is -0.418. The molecule has 0 saturated heterocycles. The summed E-state index contributed by atoms with van der Waals surface area (Å²) in [5.74, 6) is 0.393. The number of benzene rings is 2. The summed E-state index contributed by atoms with van der Waals surface area (Å²) < 4.78 is 32.5. The van der Waals surface area contributed by atoms with Crippen LogP contribution < -0.4 is 4.90 Å². The summed E-state index contributed by atoms with van der Waals surface area (Å²) in [4.78, 5) is 5.98. The van der Waals surface area contributed by atoms with Gasteiger partial charge in [0, 0.05) is 29.2 Å². The summed E-state index contributed by atoms with van der Waals surface area (Å²) in [5, 5.41) is 0.454. The molecule has 3 rings (SSSR count). The minimum absolute atomic E-state index is 0.121. The summed E-state index contributed by atoms with van der Waals surface area (Å²) in [6.45, 7) is 0. The fourth-order valence-electron chi connectivity index (χ4n) is 2.20. The Morgan fingerprint density at radius 1 is 1.04 bits per heavy atom. The zero-order valence-corrected chi connectivity index (χ0v) is 16.6. The van der Waals surface area contributed by atoms with E-state index in [1.54, 1.807) is 55.4 Å². The molecule has 0 aliphatic heterocycles. The van der Waals surface area contributed by atoms with Crippen LogP contribution in [-0.2, 0) is 9.84 Å². The number of oxazole rings is 1. The molecule has 0 bridgehead atoms. The minimum atomic E-state index is -3.82. The maximum Gasteiger partial charge on any atom is 0.235 e. The molecule has 130 valence electrons. The van der Waals surface area contributed by atoms with E-state index in [4.69, 9.17) is 16.0 Å². The second-order valence-corrected chi connectivity index (χ2v) is 8.71. The first-order valence-corrected chi connectivity index (χ1v) is 9.89. The Hall–Kier alpha value is -1.83. The van der Waals surface area contributed by atoms with Crippen LogP contribution in [-0.4, -0.2) is 27.5 Å². The van der Waals surface area contributed by atoms with Gasteiger partial charge >= 0.3 is 0 Å². The van der Waals surface area contributed by atoms with Gasteiger partial charge in [-0.1, -0.05) is 27.5 Å². The molecule has 0 radical (unpaired) electrons. The molecule has 0 unspecified atom stereocenters. The van der Waals surface area contributed by atoms with Crippen LogP contribution in [0.25, 0.3) is 11.5 Å². The van der Waals surface area contributed by atoms with Crippen LogP contribution in [0.4, 0.5) is 5.88 Å². The molecule has 0 saturated carbocycles. The van der Waals surface area contributed by atoms with E-state index in [-0.39, 0.29) is 21.7 Å². The van der Waals surface area contributed by atoms with Gasteiger partial charge in [0.05, 0.1) is 4.90 Å². The zero-order chi connectivity index (χ0) is 18.2. The fraction of sp³-hybridized carbons (Fsp3) is 0.118. The molecule has 25 heavy (non-hydrogen) atoms. The van der Waals surface area contributed by atoms with Crippen LogP contribution in [0.15, 0.2) is 67.3 Å². The molecule has 2 aromatic carbocycles. The van der Waals surface area contributed by atoms with Gasteiger partial charge in [-0.3, -0.25) is 0 Å². The van der Waals surface area contributed by atoms with Crippen molar-refractivity contribution in [2.75, 3.05) is 19.0 Å². The van der Waals surface area contributed by atoms with Crippen LogP contribution in [0, 0.1) is 0 Å². The molecule has 0 aliphatic carbocycles. The van der Waals surface area contributed by atoms with Crippen molar-refractivity contribution in [1.29, 1.82) is 0 Å². The van der Waals surface area contributed by atoms with Crippen molar-refractivity contribution in [3.63, 3.8) is 0 Å². The average molecular weight is 442 g/mol. The monoisotopic (exact) mass is 440 g/mol. The van der Waals surface area contributed by atoms with E-state index < -0.39 is 9.84 Å². The minimum Gasteiger partial charge on any atom is -0.419 e. The smallest absolute Gasteiger partial charge is 0.235 e. The molecule has 1 aromatic heterocycles. The number of hydrogen-bond acceptors (Lipinski definition) is 5. The Labute approximate surface area is 159 Å². The summed E-state index contributed by atoms with van der Waals surface area (Å²) >= 11 is 9.19. The SMILES string of the molecule is CN(C)c1oc(-c2ccc(Cl)cc2)nc1S(=O)(=O)c1ccc(Br)cc1. The third-order valence-corrected chi connectivity index (χ3v) is 5.90. The van der Waals surface area contributed by atoms with Gasteiger partial charge in [0.2, 0.25) is 26.6 Å². The molecule has 0 amide bonds. The molecule has 1 heterocycles. The summed E-state index contributed by atoms with van der Waals surface area (Å²) in [6, 6.07) is 13.2. The Morgan fingerprint density at radius 3 is 2.20 bits per heavy atom. The number of sulfone groups is 1. The first kappa shape index (κ1) is 18.0. The van der Waals surface area contributed by atoms with Crippen molar-refractivity contribution in [3.05, 3.63) is 58.0 Å². The second kappa shape index (κ2) is 6.82. The van der Waals surface area contributed by atoms with Crippen LogP contribution in [0.2, 0.25) is 5.02 Å². The lowest BCUT2D eigenvalue weighted by atomic mass is 10.2. The third kappa shape index (κ3) is 3.58. The lowest BCUT2D eigenvalue weighted by Gasteiger charge is -2.10. The topological polar surface area (TPSA) is 63.4 Å². The predicted octanol–water partition coefficient (Wildman–Crippen LogP) is 4.66. The highest BCUT2D eigenvalue weighted by molar-refractivity contribution is 9.10. The van der Waals surface area contributed by atoms with E-state index in [1.807, 2.05) is 0 Å². The normalized spacial score (nSPS) is 11.5. The molecule has 0 fully saturated rings. The number of aromatic nitrogens is 1. The van der Waals surface area contributed by atoms with Crippen molar-refractivity contribution in [1.82, 2.24) is 4.98 Å². The highest BCUT2D eigenvalue weighted by atomic mass is 79.9. The van der Waals surface area contributed by atoms with Crippen LogP contribution in [0.1, 0.15) is 0 Å². The Kier molecular flexibility index (Phi) is 4.90. The first-order chi connectivity index (χ1) is 11.8. The quantitative estimate of drug-likeness (QED) is 0.589. The summed E-state index contributed by atoms with van der Waals surface area (Å²) in [6.07, 6.45) is 0. The maximum atomic E-state index is 13.0.